The van der Waals surface area contributed by atoms with Gasteiger partial charge in [0.1, 0.15) is 0 Å². The molecule has 0 amide bonds. The number of rotatable bonds is 4. The second kappa shape index (κ2) is 3.94. The van der Waals surface area contributed by atoms with Crippen molar-refractivity contribution in [3.05, 3.63) is 0 Å². The molecule has 1 rings (SSSR count). The third-order valence-electron chi connectivity index (χ3n) is 2.18. The fourth-order valence-electron chi connectivity index (χ4n) is 1.63. The van der Waals surface area contributed by atoms with Crippen LogP contribution in [0.2, 0.25) is 0 Å². The van der Waals surface area contributed by atoms with Crippen LogP contribution in [0.3, 0.4) is 0 Å². The van der Waals surface area contributed by atoms with E-state index in [4.69, 9.17) is 5.73 Å². The molecule has 0 saturated carbocycles. The number of likely N-dealkylation sites (tertiary alicyclic amines) is 1. The normalized spacial score (nSPS) is 21.0. The monoisotopic (exact) mass is 142 g/mol. The molecule has 10 heavy (non-hydrogen) atoms. The van der Waals surface area contributed by atoms with Crippen LogP contribution in [0.1, 0.15) is 19.8 Å². The molecular weight excluding hydrogens is 124 g/mol. The molecule has 0 aromatic heterocycles. The van der Waals surface area contributed by atoms with Crippen molar-refractivity contribution < 1.29 is 0 Å². The molecule has 0 spiro atoms. The van der Waals surface area contributed by atoms with Crippen LogP contribution in [-0.2, 0) is 0 Å². The fraction of sp³-hybridized carbons (Fsp3) is 1.00. The zero-order chi connectivity index (χ0) is 7.40. The number of hydrogen-bond donors (Lipinski definition) is 1. The van der Waals surface area contributed by atoms with E-state index >= 15 is 0 Å². The fourth-order valence-corrected chi connectivity index (χ4v) is 1.63. The van der Waals surface area contributed by atoms with E-state index < -0.39 is 0 Å². The molecule has 0 bridgehead atoms. The van der Waals surface area contributed by atoms with Crippen LogP contribution in [0.25, 0.3) is 0 Å². The lowest BCUT2D eigenvalue weighted by Gasteiger charge is -2.39. The molecule has 0 radical (unpaired) electrons. The molecule has 1 saturated heterocycles. The van der Waals surface area contributed by atoms with Gasteiger partial charge in [-0.1, -0.05) is 13.3 Å². The molecular formula is C8H18N2. The Morgan fingerprint density at radius 1 is 1.50 bits per heavy atom. The first-order valence-electron chi connectivity index (χ1n) is 4.29. The van der Waals surface area contributed by atoms with Gasteiger partial charge in [0.15, 0.2) is 0 Å². The molecule has 2 N–H and O–H groups in total. The van der Waals surface area contributed by atoms with Crippen LogP contribution >= 0.6 is 0 Å². The van der Waals surface area contributed by atoms with Gasteiger partial charge in [0.05, 0.1) is 0 Å². The van der Waals surface area contributed by atoms with Gasteiger partial charge in [-0.25, -0.2) is 0 Å². The summed E-state index contributed by atoms with van der Waals surface area (Å²) in [5.41, 5.74) is 5.42. The maximum Gasteiger partial charge on any atom is 0.0105 e. The lowest BCUT2D eigenvalue weighted by molar-refractivity contribution is 0.0977. The van der Waals surface area contributed by atoms with Crippen LogP contribution in [-0.4, -0.2) is 31.1 Å². The molecule has 1 aliphatic rings. The Balaban J connectivity index is 1.95. The van der Waals surface area contributed by atoms with Crippen molar-refractivity contribution in [3.63, 3.8) is 0 Å². The van der Waals surface area contributed by atoms with E-state index in [0.29, 0.717) is 0 Å². The predicted octanol–water partition coefficient (Wildman–Crippen LogP) is 0.677. The Kier molecular flexibility index (Phi) is 3.16. The summed E-state index contributed by atoms with van der Waals surface area (Å²) in [6.45, 7) is 6.76. The summed E-state index contributed by atoms with van der Waals surface area (Å²) < 4.78 is 0. The van der Waals surface area contributed by atoms with Gasteiger partial charge in [-0.2, -0.15) is 0 Å². The molecule has 0 atom stereocenters. The van der Waals surface area contributed by atoms with E-state index in [1.54, 1.807) is 0 Å². The Morgan fingerprint density at radius 3 is 2.70 bits per heavy atom. The molecule has 0 unspecified atom stereocenters. The topological polar surface area (TPSA) is 29.3 Å². The number of nitrogens with zero attached hydrogens (tertiary/aromatic N) is 1. The molecule has 0 aromatic rings. The highest BCUT2D eigenvalue weighted by Crippen LogP contribution is 2.18. The highest BCUT2D eigenvalue weighted by molar-refractivity contribution is 4.78. The third kappa shape index (κ3) is 1.96. The van der Waals surface area contributed by atoms with Crippen LogP contribution in [0.5, 0.6) is 0 Å². The number of hydrogen-bond acceptors (Lipinski definition) is 2. The van der Waals surface area contributed by atoms with Crippen LogP contribution in [0, 0.1) is 5.92 Å². The van der Waals surface area contributed by atoms with Gasteiger partial charge in [0.25, 0.3) is 0 Å². The highest BCUT2D eigenvalue weighted by atomic mass is 15.2. The molecule has 1 heterocycles. The maximum absolute atomic E-state index is 5.42. The first kappa shape index (κ1) is 8.02. The van der Waals surface area contributed by atoms with Gasteiger partial charge in [-0.15, -0.1) is 0 Å². The Hall–Kier alpha value is -0.0800. The summed E-state index contributed by atoms with van der Waals surface area (Å²) in [5, 5.41) is 0. The van der Waals surface area contributed by atoms with E-state index in [0.717, 1.165) is 19.0 Å². The van der Waals surface area contributed by atoms with Crippen LogP contribution in [0.15, 0.2) is 0 Å². The van der Waals surface area contributed by atoms with Gasteiger partial charge < -0.3 is 10.6 Å². The first-order chi connectivity index (χ1) is 4.86. The molecule has 2 heteroatoms. The van der Waals surface area contributed by atoms with Crippen molar-refractivity contribution in [1.29, 1.82) is 0 Å². The maximum atomic E-state index is 5.42. The van der Waals surface area contributed by atoms with Gasteiger partial charge in [0.2, 0.25) is 0 Å². The van der Waals surface area contributed by atoms with Crippen molar-refractivity contribution in [2.75, 3.05) is 26.2 Å². The van der Waals surface area contributed by atoms with E-state index in [1.807, 2.05) is 0 Å². The minimum atomic E-state index is 0.818. The smallest absolute Gasteiger partial charge is 0.0105 e. The van der Waals surface area contributed by atoms with E-state index in [2.05, 4.69) is 11.8 Å². The van der Waals surface area contributed by atoms with Crippen molar-refractivity contribution >= 4 is 0 Å². The largest absolute Gasteiger partial charge is 0.329 e. The molecule has 2 nitrogen and oxygen atoms in total. The average molecular weight is 142 g/mol. The molecule has 60 valence electrons. The summed E-state index contributed by atoms with van der Waals surface area (Å²) >= 11 is 0. The minimum Gasteiger partial charge on any atom is -0.329 e. The predicted molar refractivity (Wildman–Crippen MR) is 43.9 cm³/mol. The Bertz CT molecular complexity index is 77.3. The molecule has 0 aliphatic carbocycles. The summed E-state index contributed by atoms with van der Waals surface area (Å²) in [7, 11) is 0. The first-order valence-corrected chi connectivity index (χ1v) is 4.29. The van der Waals surface area contributed by atoms with E-state index in [-0.39, 0.29) is 0 Å². The summed E-state index contributed by atoms with van der Waals surface area (Å²) in [4.78, 5) is 2.43. The second-order valence-electron chi connectivity index (χ2n) is 3.20. The average Bonchev–Trinajstić information content (AvgIpc) is 1.84. The lowest BCUT2D eigenvalue weighted by atomic mass is 9.95. The zero-order valence-electron chi connectivity index (χ0n) is 6.84. The number of nitrogens with two attached hydrogens (primary N) is 1. The highest BCUT2D eigenvalue weighted by Gasteiger charge is 2.24. The SMILES string of the molecule is CCCC1CN(CCN)C1. The van der Waals surface area contributed by atoms with Gasteiger partial charge in [0, 0.05) is 26.2 Å². The van der Waals surface area contributed by atoms with E-state index in [9.17, 15) is 0 Å². The van der Waals surface area contributed by atoms with Crippen molar-refractivity contribution in [1.82, 2.24) is 4.90 Å². The zero-order valence-corrected chi connectivity index (χ0v) is 6.84. The standard InChI is InChI=1S/C8H18N2/c1-2-3-8-6-10(7-8)5-4-9/h8H,2-7,9H2,1H3. The molecule has 0 aromatic carbocycles. The van der Waals surface area contributed by atoms with Gasteiger partial charge in [-0.3, -0.25) is 0 Å². The third-order valence-corrected chi connectivity index (χ3v) is 2.18. The van der Waals surface area contributed by atoms with Gasteiger partial charge >= 0.3 is 0 Å². The molecule has 1 aliphatic heterocycles. The van der Waals surface area contributed by atoms with Crippen molar-refractivity contribution in [3.8, 4) is 0 Å². The van der Waals surface area contributed by atoms with Crippen molar-refractivity contribution in [2.45, 2.75) is 19.8 Å². The van der Waals surface area contributed by atoms with Crippen LogP contribution in [0.4, 0.5) is 0 Å². The van der Waals surface area contributed by atoms with E-state index in [1.165, 1.54) is 25.9 Å². The summed E-state index contributed by atoms with van der Waals surface area (Å²) in [6.07, 6.45) is 2.74. The van der Waals surface area contributed by atoms with Crippen molar-refractivity contribution in [2.24, 2.45) is 11.7 Å². The second-order valence-corrected chi connectivity index (χ2v) is 3.20. The lowest BCUT2D eigenvalue weighted by Crippen LogP contribution is -2.48. The van der Waals surface area contributed by atoms with Crippen LogP contribution < -0.4 is 5.73 Å². The summed E-state index contributed by atoms with van der Waals surface area (Å²) in [5.74, 6) is 0.983. The minimum absolute atomic E-state index is 0.818. The summed E-state index contributed by atoms with van der Waals surface area (Å²) in [6, 6.07) is 0. The van der Waals surface area contributed by atoms with Gasteiger partial charge in [-0.05, 0) is 12.3 Å². The molecule has 1 fully saturated rings. The quantitative estimate of drug-likeness (QED) is 0.625. The Morgan fingerprint density at radius 2 is 2.20 bits per heavy atom. The Labute approximate surface area is 63.4 Å².